The van der Waals surface area contributed by atoms with Gasteiger partial charge in [-0.3, -0.25) is 0 Å². The number of nitrogens with one attached hydrogen (secondary N) is 1. The zero-order chi connectivity index (χ0) is 12.7. The molecule has 1 rings (SSSR count). The largest absolute Gasteiger partial charge is 0.314 e. The Morgan fingerprint density at radius 2 is 1.88 bits per heavy atom. The fourth-order valence-electron chi connectivity index (χ4n) is 2.57. The zero-order valence-electron chi connectivity index (χ0n) is 11.8. The number of hydrogen-bond donors (Lipinski definition) is 1. The van der Waals surface area contributed by atoms with E-state index in [4.69, 9.17) is 0 Å². The van der Waals surface area contributed by atoms with E-state index in [1.807, 2.05) is 11.3 Å². The predicted octanol–water partition coefficient (Wildman–Crippen LogP) is 4.58. The minimum Gasteiger partial charge on any atom is -0.314 e. The molecule has 1 nitrogen and oxygen atoms in total. The van der Waals surface area contributed by atoms with Crippen LogP contribution in [0.3, 0.4) is 0 Å². The molecule has 0 aliphatic heterocycles. The van der Waals surface area contributed by atoms with Gasteiger partial charge in [0.25, 0.3) is 0 Å². The lowest BCUT2D eigenvalue weighted by molar-refractivity contribution is 0.330. The first kappa shape index (κ1) is 14.7. The minimum absolute atomic E-state index is 0.363. The highest BCUT2D eigenvalue weighted by atomic mass is 32.1. The van der Waals surface area contributed by atoms with E-state index < -0.39 is 0 Å². The molecule has 0 bridgehead atoms. The van der Waals surface area contributed by atoms with Crippen molar-refractivity contribution in [3.05, 3.63) is 22.4 Å². The van der Waals surface area contributed by atoms with Gasteiger partial charge in [0.15, 0.2) is 0 Å². The summed E-state index contributed by atoms with van der Waals surface area (Å²) < 4.78 is 0. The summed E-state index contributed by atoms with van der Waals surface area (Å²) in [5.74, 6) is 0. The molecule has 1 aromatic rings. The van der Waals surface area contributed by atoms with Gasteiger partial charge in [0.2, 0.25) is 0 Å². The molecule has 98 valence electrons. The van der Waals surface area contributed by atoms with Gasteiger partial charge in [0.1, 0.15) is 0 Å². The van der Waals surface area contributed by atoms with E-state index in [1.165, 1.54) is 25.7 Å². The smallest absolute Gasteiger partial charge is 0.0171 e. The van der Waals surface area contributed by atoms with E-state index in [0.717, 1.165) is 6.54 Å². The standard InChI is InChI=1S/C15H27NS/c1-5-9-15(10-6-2,12-16-13(3)4)14-8-7-11-17-14/h7-8,11,13,16H,5-6,9-10,12H2,1-4H3. The number of hydrogen-bond acceptors (Lipinski definition) is 2. The highest BCUT2D eigenvalue weighted by Crippen LogP contribution is 2.36. The summed E-state index contributed by atoms with van der Waals surface area (Å²) in [6.07, 6.45) is 5.11. The van der Waals surface area contributed by atoms with Gasteiger partial charge in [-0.05, 0) is 24.3 Å². The molecule has 1 aromatic heterocycles. The van der Waals surface area contributed by atoms with Gasteiger partial charge >= 0.3 is 0 Å². The second kappa shape index (κ2) is 7.17. The fourth-order valence-corrected chi connectivity index (χ4v) is 3.56. The van der Waals surface area contributed by atoms with Crippen molar-refractivity contribution in [2.75, 3.05) is 6.54 Å². The highest BCUT2D eigenvalue weighted by Gasteiger charge is 2.31. The van der Waals surface area contributed by atoms with Crippen LogP contribution >= 0.6 is 11.3 Å². The third kappa shape index (κ3) is 4.11. The van der Waals surface area contributed by atoms with Gasteiger partial charge in [-0.2, -0.15) is 0 Å². The van der Waals surface area contributed by atoms with Crippen molar-refractivity contribution >= 4 is 11.3 Å². The molecule has 0 saturated carbocycles. The zero-order valence-corrected chi connectivity index (χ0v) is 12.6. The van der Waals surface area contributed by atoms with E-state index in [1.54, 1.807) is 4.88 Å². The average molecular weight is 253 g/mol. The molecule has 0 saturated heterocycles. The summed E-state index contributed by atoms with van der Waals surface area (Å²) in [6, 6.07) is 5.08. The molecule has 0 aliphatic carbocycles. The van der Waals surface area contributed by atoms with Crippen LogP contribution in [0.1, 0.15) is 58.3 Å². The Morgan fingerprint density at radius 3 is 2.29 bits per heavy atom. The van der Waals surface area contributed by atoms with Gasteiger partial charge in [0.05, 0.1) is 0 Å². The van der Waals surface area contributed by atoms with E-state index in [0.29, 0.717) is 11.5 Å². The van der Waals surface area contributed by atoms with Crippen molar-refractivity contribution in [2.45, 2.75) is 64.8 Å². The van der Waals surface area contributed by atoms with Crippen molar-refractivity contribution in [3.63, 3.8) is 0 Å². The molecular formula is C15H27NS. The Labute approximate surface area is 111 Å². The summed E-state index contributed by atoms with van der Waals surface area (Å²) in [5, 5.41) is 5.86. The second-order valence-corrected chi connectivity index (χ2v) is 6.24. The van der Waals surface area contributed by atoms with Crippen LogP contribution in [0.4, 0.5) is 0 Å². The van der Waals surface area contributed by atoms with Gasteiger partial charge in [-0.25, -0.2) is 0 Å². The first-order valence-electron chi connectivity index (χ1n) is 6.92. The molecule has 0 aliphatic rings. The minimum atomic E-state index is 0.363. The van der Waals surface area contributed by atoms with Crippen LogP contribution in [0.15, 0.2) is 17.5 Å². The summed E-state index contributed by atoms with van der Waals surface area (Å²) in [4.78, 5) is 1.56. The summed E-state index contributed by atoms with van der Waals surface area (Å²) in [5.41, 5.74) is 0.363. The molecule has 0 unspecified atom stereocenters. The van der Waals surface area contributed by atoms with Crippen molar-refractivity contribution in [3.8, 4) is 0 Å². The third-order valence-electron chi connectivity index (χ3n) is 3.35. The van der Waals surface area contributed by atoms with Crippen LogP contribution in [0, 0.1) is 0 Å². The number of thiophene rings is 1. The Balaban J connectivity index is 2.86. The van der Waals surface area contributed by atoms with Crippen molar-refractivity contribution in [2.24, 2.45) is 0 Å². The van der Waals surface area contributed by atoms with Crippen LogP contribution in [0.25, 0.3) is 0 Å². The molecule has 0 atom stereocenters. The maximum atomic E-state index is 3.65. The monoisotopic (exact) mass is 253 g/mol. The molecular weight excluding hydrogens is 226 g/mol. The van der Waals surface area contributed by atoms with Crippen molar-refractivity contribution in [1.29, 1.82) is 0 Å². The SMILES string of the molecule is CCCC(CCC)(CNC(C)C)c1cccs1. The Morgan fingerprint density at radius 1 is 1.24 bits per heavy atom. The molecule has 0 spiro atoms. The average Bonchev–Trinajstić information content (AvgIpc) is 2.80. The summed E-state index contributed by atoms with van der Waals surface area (Å²) >= 11 is 1.92. The van der Waals surface area contributed by atoms with E-state index in [9.17, 15) is 0 Å². The summed E-state index contributed by atoms with van der Waals surface area (Å²) in [6.45, 7) is 10.2. The topological polar surface area (TPSA) is 12.0 Å². The molecule has 17 heavy (non-hydrogen) atoms. The lowest BCUT2D eigenvalue weighted by atomic mass is 9.77. The molecule has 0 fully saturated rings. The molecule has 2 heteroatoms. The van der Waals surface area contributed by atoms with Crippen LogP contribution in [0.5, 0.6) is 0 Å². The quantitative estimate of drug-likeness (QED) is 0.715. The lowest BCUT2D eigenvalue weighted by Gasteiger charge is -2.34. The Bertz CT molecular complexity index is 284. The number of rotatable bonds is 8. The fraction of sp³-hybridized carbons (Fsp3) is 0.733. The third-order valence-corrected chi connectivity index (χ3v) is 4.47. The molecule has 1 N–H and O–H groups in total. The van der Waals surface area contributed by atoms with Crippen LogP contribution in [0.2, 0.25) is 0 Å². The summed E-state index contributed by atoms with van der Waals surface area (Å²) in [7, 11) is 0. The van der Waals surface area contributed by atoms with Gasteiger partial charge < -0.3 is 5.32 Å². The lowest BCUT2D eigenvalue weighted by Crippen LogP contribution is -2.40. The van der Waals surface area contributed by atoms with Crippen molar-refractivity contribution in [1.82, 2.24) is 5.32 Å². The van der Waals surface area contributed by atoms with Gasteiger partial charge in [-0.15, -0.1) is 11.3 Å². The van der Waals surface area contributed by atoms with Gasteiger partial charge in [0, 0.05) is 22.9 Å². The Kier molecular flexibility index (Phi) is 6.21. The first-order valence-corrected chi connectivity index (χ1v) is 7.80. The second-order valence-electron chi connectivity index (χ2n) is 5.29. The maximum Gasteiger partial charge on any atom is 0.0171 e. The van der Waals surface area contributed by atoms with Crippen molar-refractivity contribution < 1.29 is 0 Å². The van der Waals surface area contributed by atoms with Crippen LogP contribution < -0.4 is 5.32 Å². The highest BCUT2D eigenvalue weighted by molar-refractivity contribution is 7.10. The molecule has 0 amide bonds. The van der Waals surface area contributed by atoms with E-state index >= 15 is 0 Å². The van der Waals surface area contributed by atoms with Crippen LogP contribution in [-0.2, 0) is 5.41 Å². The Hall–Kier alpha value is -0.340. The predicted molar refractivity (Wildman–Crippen MR) is 79.0 cm³/mol. The normalized spacial score (nSPS) is 12.3. The van der Waals surface area contributed by atoms with Crippen LogP contribution in [-0.4, -0.2) is 12.6 Å². The molecule has 0 aromatic carbocycles. The maximum absolute atomic E-state index is 3.65. The van der Waals surface area contributed by atoms with E-state index in [2.05, 4.69) is 50.5 Å². The molecule has 1 heterocycles. The first-order chi connectivity index (χ1) is 8.14. The van der Waals surface area contributed by atoms with Gasteiger partial charge in [-0.1, -0.05) is 46.6 Å². The van der Waals surface area contributed by atoms with E-state index in [-0.39, 0.29) is 0 Å². The molecule has 0 radical (unpaired) electrons.